The molecular weight excluding hydrogens is 222 g/mol. The lowest BCUT2D eigenvalue weighted by atomic mass is 10.1. The molecule has 1 aromatic rings. The van der Waals surface area contributed by atoms with Gasteiger partial charge in [0.05, 0.1) is 5.69 Å². The second-order valence-electron chi connectivity index (χ2n) is 6.28. The maximum absolute atomic E-state index is 4.99. The molecule has 1 fully saturated rings. The van der Waals surface area contributed by atoms with Gasteiger partial charge in [-0.25, -0.2) is 4.98 Å². The van der Waals surface area contributed by atoms with Crippen molar-refractivity contribution < 1.29 is 0 Å². The minimum Gasteiger partial charge on any atom is -0.331 e. The first-order valence-corrected chi connectivity index (χ1v) is 7.54. The summed E-state index contributed by atoms with van der Waals surface area (Å²) in [5, 5.41) is 3.45. The van der Waals surface area contributed by atoms with E-state index in [0.29, 0.717) is 5.92 Å². The minimum atomic E-state index is 0.707. The summed E-state index contributed by atoms with van der Waals surface area (Å²) in [6, 6.07) is 0. The van der Waals surface area contributed by atoms with Gasteiger partial charge in [0.15, 0.2) is 0 Å². The van der Waals surface area contributed by atoms with E-state index in [0.717, 1.165) is 32.0 Å². The molecule has 100 valence electrons. The zero-order valence-corrected chi connectivity index (χ0v) is 11.7. The monoisotopic (exact) mass is 247 g/mol. The van der Waals surface area contributed by atoms with Gasteiger partial charge in [-0.15, -0.1) is 0 Å². The Morgan fingerprint density at radius 3 is 2.83 bits per heavy atom. The molecule has 1 N–H and O–H groups in total. The summed E-state index contributed by atoms with van der Waals surface area (Å²) < 4.78 is 2.57. The molecule has 0 unspecified atom stereocenters. The van der Waals surface area contributed by atoms with Crippen LogP contribution < -0.4 is 5.32 Å². The van der Waals surface area contributed by atoms with Crippen molar-refractivity contribution in [1.29, 1.82) is 0 Å². The van der Waals surface area contributed by atoms with Gasteiger partial charge in [0.1, 0.15) is 5.82 Å². The summed E-state index contributed by atoms with van der Waals surface area (Å²) in [5.74, 6) is 2.84. The summed E-state index contributed by atoms with van der Waals surface area (Å²) in [5.41, 5.74) is 2.84. The summed E-state index contributed by atoms with van der Waals surface area (Å²) >= 11 is 0. The van der Waals surface area contributed by atoms with E-state index in [1.807, 2.05) is 0 Å². The fraction of sp³-hybridized carbons (Fsp3) is 0.800. The van der Waals surface area contributed by atoms with Gasteiger partial charge in [-0.05, 0) is 18.8 Å². The Morgan fingerprint density at radius 2 is 2.11 bits per heavy atom. The number of aromatic nitrogens is 2. The van der Waals surface area contributed by atoms with Crippen LogP contribution in [0.1, 0.15) is 62.7 Å². The van der Waals surface area contributed by atoms with Crippen molar-refractivity contribution in [3.05, 3.63) is 17.2 Å². The highest BCUT2D eigenvalue weighted by Crippen LogP contribution is 2.35. The fourth-order valence-corrected chi connectivity index (χ4v) is 3.46. The van der Waals surface area contributed by atoms with Crippen molar-refractivity contribution in [1.82, 2.24) is 14.9 Å². The van der Waals surface area contributed by atoms with Gasteiger partial charge in [0, 0.05) is 37.7 Å². The molecule has 0 radical (unpaired) electrons. The number of hydrogen-bond donors (Lipinski definition) is 1. The quantitative estimate of drug-likeness (QED) is 0.890. The molecule has 3 heteroatoms. The molecule has 18 heavy (non-hydrogen) atoms. The molecule has 0 bridgehead atoms. The van der Waals surface area contributed by atoms with Crippen LogP contribution in [0.25, 0.3) is 0 Å². The van der Waals surface area contributed by atoms with Crippen molar-refractivity contribution in [2.45, 2.75) is 65.0 Å². The molecule has 2 aliphatic rings. The molecule has 3 nitrogen and oxygen atoms in total. The Balaban J connectivity index is 1.97. The Morgan fingerprint density at radius 1 is 1.33 bits per heavy atom. The highest BCUT2D eigenvalue weighted by molar-refractivity contribution is 5.22. The highest BCUT2D eigenvalue weighted by atomic mass is 15.1. The molecule has 1 saturated carbocycles. The lowest BCUT2D eigenvalue weighted by Gasteiger charge is -2.19. The molecule has 0 spiro atoms. The van der Waals surface area contributed by atoms with Crippen LogP contribution >= 0.6 is 0 Å². The summed E-state index contributed by atoms with van der Waals surface area (Å²) in [4.78, 5) is 4.99. The standard InChI is InChI=1S/C15H25N3/c1-11(2)10-18-14-7-8-16-9-13(14)17-15(18)12-5-3-4-6-12/h11-12,16H,3-10H2,1-2H3. The van der Waals surface area contributed by atoms with Crippen LogP contribution in [-0.4, -0.2) is 16.1 Å². The molecule has 1 aliphatic heterocycles. The van der Waals surface area contributed by atoms with Crippen molar-refractivity contribution in [3.63, 3.8) is 0 Å². The minimum absolute atomic E-state index is 0.707. The summed E-state index contributed by atoms with van der Waals surface area (Å²) in [6.07, 6.45) is 6.63. The van der Waals surface area contributed by atoms with E-state index in [-0.39, 0.29) is 0 Å². The third-order valence-corrected chi connectivity index (χ3v) is 4.28. The van der Waals surface area contributed by atoms with Crippen LogP contribution in [0.2, 0.25) is 0 Å². The van der Waals surface area contributed by atoms with E-state index < -0.39 is 0 Å². The zero-order valence-electron chi connectivity index (χ0n) is 11.7. The van der Waals surface area contributed by atoms with E-state index in [4.69, 9.17) is 4.98 Å². The summed E-state index contributed by atoms with van der Waals surface area (Å²) in [7, 11) is 0. The van der Waals surface area contributed by atoms with Crippen molar-refractivity contribution in [2.75, 3.05) is 6.54 Å². The van der Waals surface area contributed by atoms with Crippen LogP contribution in [0.15, 0.2) is 0 Å². The maximum Gasteiger partial charge on any atom is 0.112 e. The highest BCUT2D eigenvalue weighted by Gasteiger charge is 2.27. The van der Waals surface area contributed by atoms with Gasteiger partial charge in [-0.2, -0.15) is 0 Å². The number of rotatable bonds is 3. The Kier molecular flexibility index (Phi) is 3.42. The number of fused-ring (bicyclic) bond motifs is 1. The van der Waals surface area contributed by atoms with Gasteiger partial charge in [-0.3, -0.25) is 0 Å². The predicted octanol–water partition coefficient (Wildman–Crippen LogP) is 2.84. The van der Waals surface area contributed by atoms with E-state index >= 15 is 0 Å². The number of hydrogen-bond acceptors (Lipinski definition) is 2. The molecular formula is C15H25N3. The number of imidazole rings is 1. The molecule has 0 saturated heterocycles. The molecule has 1 aromatic heterocycles. The molecule has 3 rings (SSSR count). The Labute approximate surface area is 110 Å². The number of nitrogens with one attached hydrogen (secondary N) is 1. The SMILES string of the molecule is CC(C)Cn1c(C2CCCC2)nc2c1CCNC2. The normalized spacial score (nSPS) is 20.6. The van der Waals surface area contributed by atoms with Crippen LogP contribution in [0.3, 0.4) is 0 Å². The first-order chi connectivity index (χ1) is 8.75. The lowest BCUT2D eigenvalue weighted by molar-refractivity contribution is 0.470. The van der Waals surface area contributed by atoms with E-state index in [1.165, 1.54) is 42.9 Å². The van der Waals surface area contributed by atoms with Crippen LogP contribution in [0.4, 0.5) is 0 Å². The molecule has 0 atom stereocenters. The van der Waals surface area contributed by atoms with Crippen LogP contribution in [0, 0.1) is 5.92 Å². The van der Waals surface area contributed by atoms with E-state index in [9.17, 15) is 0 Å². The Hall–Kier alpha value is -0.830. The van der Waals surface area contributed by atoms with Crippen molar-refractivity contribution in [2.24, 2.45) is 5.92 Å². The first-order valence-electron chi connectivity index (χ1n) is 7.54. The topological polar surface area (TPSA) is 29.9 Å². The van der Waals surface area contributed by atoms with Gasteiger partial charge in [0.2, 0.25) is 0 Å². The van der Waals surface area contributed by atoms with Gasteiger partial charge < -0.3 is 9.88 Å². The third-order valence-electron chi connectivity index (χ3n) is 4.28. The first kappa shape index (κ1) is 12.2. The largest absolute Gasteiger partial charge is 0.331 e. The molecule has 0 amide bonds. The van der Waals surface area contributed by atoms with Crippen molar-refractivity contribution in [3.8, 4) is 0 Å². The second kappa shape index (κ2) is 5.04. The lowest BCUT2D eigenvalue weighted by Crippen LogP contribution is -2.25. The predicted molar refractivity (Wildman–Crippen MR) is 73.7 cm³/mol. The fourth-order valence-electron chi connectivity index (χ4n) is 3.46. The zero-order chi connectivity index (χ0) is 12.5. The van der Waals surface area contributed by atoms with E-state index in [2.05, 4.69) is 23.7 Å². The van der Waals surface area contributed by atoms with Gasteiger partial charge >= 0.3 is 0 Å². The second-order valence-corrected chi connectivity index (χ2v) is 6.28. The Bertz CT molecular complexity index is 414. The number of nitrogens with zero attached hydrogens (tertiary/aromatic N) is 2. The third kappa shape index (κ3) is 2.20. The molecule has 0 aromatic carbocycles. The molecule has 1 aliphatic carbocycles. The van der Waals surface area contributed by atoms with Gasteiger partial charge in [0.25, 0.3) is 0 Å². The van der Waals surface area contributed by atoms with Crippen LogP contribution in [0.5, 0.6) is 0 Å². The average molecular weight is 247 g/mol. The van der Waals surface area contributed by atoms with Crippen LogP contribution in [-0.2, 0) is 19.5 Å². The molecule has 2 heterocycles. The van der Waals surface area contributed by atoms with Crippen molar-refractivity contribution >= 4 is 0 Å². The van der Waals surface area contributed by atoms with Gasteiger partial charge in [-0.1, -0.05) is 26.7 Å². The van der Waals surface area contributed by atoms with E-state index in [1.54, 1.807) is 0 Å². The average Bonchev–Trinajstić information content (AvgIpc) is 2.96. The summed E-state index contributed by atoms with van der Waals surface area (Å²) in [6.45, 7) is 7.85. The maximum atomic E-state index is 4.99. The smallest absolute Gasteiger partial charge is 0.112 e.